The lowest BCUT2D eigenvalue weighted by Crippen LogP contribution is -2.51. The van der Waals surface area contributed by atoms with E-state index in [0.29, 0.717) is 18.8 Å². The van der Waals surface area contributed by atoms with Gasteiger partial charge in [-0.2, -0.15) is 11.8 Å². The maximum absolute atomic E-state index is 12.4. The molecular weight excluding hydrogens is 280 g/mol. The maximum Gasteiger partial charge on any atom is 0.320 e. The first-order valence-corrected chi connectivity index (χ1v) is 7.55. The summed E-state index contributed by atoms with van der Waals surface area (Å²) in [7, 11) is 1.72. The van der Waals surface area contributed by atoms with Crippen LogP contribution in [-0.4, -0.2) is 58.0 Å². The van der Waals surface area contributed by atoms with Crippen molar-refractivity contribution in [2.45, 2.75) is 19.0 Å². The lowest BCUT2D eigenvalue weighted by Gasteiger charge is -2.37. The molecule has 1 N–H and O–H groups in total. The van der Waals surface area contributed by atoms with Gasteiger partial charge in [-0.25, -0.2) is 4.79 Å². The third-order valence-electron chi connectivity index (χ3n) is 3.21. The highest BCUT2D eigenvalue weighted by Gasteiger charge is 2.30. The van der Waals surface area contributed by atoms with Crippen LogP contribution in [0.3, 0.4) is 0 Å². The molecule has 1 aliphatic rings. The van der Waals surface area contributed by atoms with Crippen LogP contribution in [0.1, 0.15) is 12.0 Å². The fraction of sp³-hybridized carbons (Fsp3) is 0.538. The molecule has 1 fully saturated rings. The molecule has 7 heteroatoms. The predicted octanol–water partition coefficient (Wildman–Crippen LogP) is 1.72. The van der Waals surface area contributed by atoms with Crippen LogP contribution < -0.4 is 0 Å². The molecule has 2 rings (SSSR count). The van der Waals surface area contributed by atoms with E-state index in [1.54, 1.807) is 41.1 Å². The molecule has 2 amide bonds. The van der Waals surface area contributed by atoms with Gasteiger partial charge < -0.3 is 19.3 Å². The number of rotatable bonds is 4. The molecule has 110 valence electrons. The summed E-state index contributed by atoms with van der Waals surface area (Å²) in [5.41, 5.74) is 0.919. The van der Waals surface area contributed by atoms with Crippen molar-refractivity contribution in [3.05, 3.63) is 24.2 Å². The Bertz CT molecular complexity index is 463. The number of carbonyl (C=O) groups is 2. The van der Waals surface area contributed by atoms with Gasteiger partial charge in [-0.05, 0) is 6.07 Å². The van der Waals surface area contributed by atoms with Crippen LogP contribution in [-0.2, 0) is 11.3 Å². The molecule has 20 heavy (non-hydrogen) atoms. The molecule has 0 spiro atoms. The summed E-state index contributed by atoms with van der Waals surface area (Å²) in [4.78, 5) is 26.6. The highest BCUT2D eigenvalue weighted by Crippen LogP contribution is 2.20. The van der Waals surface area contributed by atoms with Crippen LogP contribution in [0.4, 0.5) is 4.79 Å². The summed E-state index contributed by atoms with van der Waals surface area (Å²) in [6.07, 6.45) is 3.17. The van der Waals surface area contributed by atoms with Crippen molar-refractivity contribution in [2.24, 2.45) is 0 Å². The number of thioether (sulfide) groups is 1. The van der Waals surface area contributed by atoms with Gasteiger partial charge in [-0.3, -0.25) is 4.79 Å². The minimum atomic E-state index is -0.868. The van der Waals surface area contributed by atoms with Gasteiger partial charge in [0.1, 0.15) is 0 Å². The van der Waals surface area contributed by atoms with Crippen molar-refractivity contribution in [3.63, 3.8) is 0 Å². The van der Waals surface area contributed by atoms with Crippen molar-refractivity contribution >= 4 is 23.8 Å². The van der Waals surface area contributed by atoms with Crippen LogP contribution in [0.25, 0.3) is 0 Å². The number of carboxylic acid groups (broad SMARTS) is 1. The Labute approximate surface area is 121 Å². The number of aliphatic carboxylic acids is 1. The van der Waals surface area contributed by atoms with Gasteiger partial charge in [0, 0.05) is 30.7 Å². The van der Waals surface area contributed by atoms with Gasteiger partial charge in [0.25, 0.3) is 0 Å². The van der Waals surface area contributed by atoms with E-state index >= 15 is 0 Å². The Balaban J connectivity index is 1.99. The number of carboxylic acids is 1. The molecule has 6 nitrogen and oxygen atoms in total. The number of nitrogens with zero attached hydrogens (tertiary/aromatic N) is 2. The lowest BCUT2D eigenvalue weighted by molar-refractivity contribution is -0.138. The number of amides is 2. The van der Waals surface area contributed by atoms with Gasteiger partial charge >= 0.3 is 12.0 Å². The highest BCUT2D eigenvalue weighted by atomic mass is 32.2. The summed E-state index contributed by atoms with van der Waals surface area (Å²) < 4.78 is 4.98. The first-order valence-electron chi connectivity index (χ1n) is 6.40. The van der Waals surface area contributed by atoms with Crippen molar-refractivity contribution in [3.8, 4) is 0 Å². The van der Waals surface area contributed by atoms with Crippen LogP contribution >= 0.6 is 11.8 Å². The number of urea groups is 1. The van der Waals surface area contributed by atoms with Crippen molar-refractivity contribution < 1.29 is 19.1 Å². The van der Waals surface area contributed by atoms with Gasteiger partial charge in [0.05, 0.1) is 31.5 Å². The minimum Gasteiger partial charge on any atom is -0.481 e. The molecule has 0 saturated carbocycles. The molecule has 1 unspecified atom stereocenters. The average Bonchev–Trinajstić information content (AvgIpc) is 2.90. The number of carbonyl (C=O) groups excluding carboxylic acids is 1. The Morgan fingerprint density at radius 1 is 1.60 bits per heavy atom. The summed E-state index contributed by atoms with van der Waals surface area (Å²) in [6.45, 7) is 1.05. The average molecular weight is 298 g/mol. The molecule has 1 aromatic rings. The molecular formula is C13H18N2O4S. The summed E-state index contributed by atoms with van der Waals surface area (Å²) in [6, 6.07) is 1.45. The van der Waals surface area contributed by atoms with E-state index in [2.05, 4.69) is 0 Å². The third-order valence-corrected chi connectivity index (χ3v) is 4.30. The van der Waals surface area contributed by atoms with Gasteiger partial charge in [0.2, 0.25) is 0 Å². The number of hydrogen-bond donors (Lipinski definition) is 1. The molecule has 1 aromatic heterocycles. The second-order valence-corrected chi connectivity index (χ2v) is 5.94. The van der Waals surface area contributed by atoms with Crippen LogP contribution in [0, 0.1) is 0 Å². The molecule has 1 aliphatic heterocycles. The fourth-order valence-electron chi connectivity index (χ4n) is 2.22. The van der Waals surface area contributed by atoms with Crippen molar-refractivity contribution in [1.82, 2.24) is 9.80 Å². The Morgan fingerprint density at radius 2 is 2.40 bits per heavy atom. The fourth-order valence-corrected chi connectivity index (χ4v) is 3.28. The molecule has 0 aliphatic carbocycles. The highest BCUT2D eigenvalue weighted by molar-refractivity contribution is 7.99. The Hall–Kier alpha value is -1.63. The van der Waals surface area contributed by atoms with E-state index in [1.807, 2.05) is 6.07 Å². The lowest BCUT2D eigenvalue weighted by atomic mass is 10.2. The normalized spacial score (nSPS) is 18.9. The standard InChI is InChI=1S/C13H18N2O4S/c1-14(7-10-2-4-19-8-10)13(18)15-3-5-20-9-11(15)6-12(16)17/h2,4,8,11H,3,5-7,9H2,1H3,(H,16,17). The summed E-state index contributed by atoms with van der Waals surface area (Å²) >= 11 is 1.69. The van der Waals surface area contributed by atoms with E-state index in [-0.39, 0.29) is 18.5 Å². The van der Waals surface area contributed by atoms with Crippen LogP contribution in [0.5, 0.6) is 0 Å². The Morgan fingerprint density at radius 3 is 3.05 bits per heavy atom. The second kappa shape index (κ2) is 6.69. The zero-order chi connectivity index (χ0) is 14.5. The largest absolute Gasteiger partial charge is 0.481 e. The molecule has 0 bridgehead atoms. The first-order chi connectivity index (χ1) is 9.58. The van der Waals surface area contributed by atoms with Gasteiger partial charge in [-0.15, -0.1) is 0 Å². The van der Waals surface area contributed by atoms with Crippen molar-refractivity contribution in [1.29, 1.82) is 0 Å². The third kappa shape index (κ3) is 3.69. The monoisotopic (exact) mass is 298 g/mol. The molecule has 2 heterocycles. The van der Waals surface area contributed by atoms with Crippen LogP contribution in [0.2, 0.25) is 0 Å². The quantitative estimate of drug-likeness (QED) is 0.916. The van der Waals surface area contributed by atoms with E-state index < -0.39 is 5.97 Å². The van der Waals surface area contributed by atoms with Crippen LogP contribution in [0.15, 0.2) is 23.0 Å². The van der Waals surface area contributed by atoms with E-state index in [1.165, 1.54) is 0 Å². The van der Waals surface area contributed by atoms with E-state index in [0.717, 1.165) is 11.3 Å². The van der Waals surface area contributed by atoms with E-state index in [9.17, 15) is 9.59 Å². The van der Waals surface area contributed by atoms with Crippen molar-refractivity contribution in [2.75, 3.05) is 25.1 Å². The van der Waals surface area contributed by atoms with E-state index in [4.69, 9.17) is 9.52 Å². The molecule has 0 radical (unpaired) electrons. The van der Waals surface area contributed by atoms with Gasteiger partial charge in [-0.1, -0.05) is 0 Å². The zero-order valence-electron chi connectivity index (χ0n) is 11.3. The number of furan rings is 1. The predicted molar refractivity (Wildman–Crippen MR) is 75.6 cm³/mol. The molecule has 1 saturated heterocycles. The summed E-state index contributed by atoms with van der Waals surface area (Å²) in [5.74, 6) is 0.659. The second-order valence-electron chi connectivity index (χ2n) is 4.79. The van der Waals surface area contributed by atoms with Gasteiger partial charge in [0.15, 0.2) is 0 Å². The molecule has 1 atom stereocenters. The molecule has 0 aromatic carbocycles. The SMILES string of the molecule is CN(Cc1ccoc1)C(=O)N1CCSCC1CC(=O)O. The Kier molecular flexibility index (Phi) is 4.94. The maximum atomic E-state index is 12.4. The zero-order valence-corrected chi connectivity index (χ0v) is 12.1. The topological polar surface area (TPSA) is 74.0 Å². The minimum absolute atomic E-state index is 0.00170. The first kappa shape index (κ1) is 14.8. The summed E-state index contributed by atoms with van der Waals surface area (Å²) in [5, 5.41) is 8.94. The smallest absolute Gasteiger partial charge is 0.320 e. The number of hydrogen-bond acceptors (Lipinski definition) is 4.